The normalized spacial score (nSPS) is 15.0. The van der Waals surface area contributed by atoms with Crippen molar-refractivity contribution < 1.29 is 19.0 Å². The van der Waals surface area contributed by atoms with Crippen molar-refractivity contribution in [3.63, 3.8) is 0 Å². The van der Waals surface area contributed by atoms with E-state index in [1.54, 1.807) is 10.7 Å². The van der Waals surface area contributed by atoms with Crippen LogP contribution in [-0.2, 0) is 14.3 Å². The Hall–Kier alpha value is -2.70. The first-order valence-electron chi connectivity index (χ1n) is 7.71. The second kappa shape index (κ2) is 6.07. The van der Waals surface area contributed by atoms with E-state index < -0.39 is 0 Å². The van der Waals surface area contributed by atoms with E-state index in [0.29, 0.717) is 24.5 Å². The van der Waals surface area contributed by atoms with Gasteiger partial charge in [0.15, 0.2) is 12.0 Å². The van der Waals surface area contributed by atoms with Gasteiger partial charge in [0.05, 0.1) is 18.9 Å². The van der Waals surface area contributed by atoms with Gasteiger partial charge in [-0.1, -0.05) is 24.3 Å². The number of hydrogen-bond donors (Lipinski definition) is 0. The van der Waals surface area contributed by atoms with Gasteiger partial charge in [-0.15, -0.1) is 0 Å². The molecule has 0 spiro atoms. The Morgan fingerprint density at radius 1 is 1.21 bits per heavy atom. The lowest BCUT2D eigenvalue weighted by atomic mass is 10.2. The van der Waals surface area contributed by atoms with Gasteiger partial charge in [0.1, 0.15) is 5.52 Å². The van der Waals surface area contributed by atoms with Crippen molar-refractivity contribution in [2.75, 3.05) is 13.2 Å². The number of rotatable bonds is 3. The van der Waals surface area contributed by atoms with Gasteiger partial charge in [-0.3, -0.25) is 4.79 Å². The number of aromatic nitrogens is 2. The summed E-state index contributed by atoms with van der Waals surface area (Å²) in [6.07, 6.45) is 1.57. The van der Waals surface area contributed by atoms with Crippen molar-refractivity contribution in [3.8, 4) is 11.4 Å². The molecule has 2 aromatic carbocycles. The van der Waals surface area contributed by atoms with E-state index in [9.17, 15) is 4.79 Å². The number of esters is 1. The van der Waals surface area contributed by atoms with Crippen molar-refractivity contribution in [2.45, 2.75) is 13.2 Å². The molecule has 1 aromatic heterocycles. The summed E-state index contributed by atoms with van der Waals surface area (Å²) in [5, 5.41) is 5.46. The molecule has 6 nitrogen and oxygen atoms in total. The molecule has 0 bridgehead atoms. The van der Waals surface area contributed by atoms with Crippen LogP contribution in [-0.4, -0.2) is 29.0 Å². The fourth-order valence-corrected chi connectivity index (χ4v) is 2.75. The minimum atomic E-state index is -0.366. The highest BCUT2D eigenvalue weighted by atomic mass is 16.7. The van der Waals surface area contributed by atoms with Crippen LogP contribution in [0.3, 0.4) is 0 Å². The number of ether oxygens (including phenoxy) is 3. The molecule has 0 radical (unpaired) electrons. The van der Waals surface area contributed by atoms with Crippen LogP contribution in [0.15, 0.2) is 48.7 Å². The van der Waals surface area contributed by atoms with Crippen LogP contribution >= 0.6 is 0 Å². The highest BCUT2D eigenvalue weighted by molar-refractivity contribution is 5.86. The molecule has 1 fully saturated rings. The number of carbonyl (C=O) groups is 1. The lowest BCUT2D eigenvalue weighted by Crippen LogP contribution is -2.02. The Kier molecular flexibility index (Phi) is 3.76. The lowest BCUT2D eigenvalue weighted by molar-refractivity contribution is -0.131. The SMILES string of the molecule is CC(=O)Oc1cccc2cn(-c3cccc(C4OCCO4)c3)nc12. The van der Waals surface area contributed by atoms with Crippen molar-refractivity contribution in [3.05, 3.63) is 54.2 Å². The standard InChI is InChI=1S/C18H16N2O4/c1-12(21)24-16-7-3-5-14-11-20(19-17(14)16)15-6-2-4-13(10-15)18-22-8-9-23-18/h2-7,10-11,18H,8-9H2,1H3. The third kappa shape index (κ3) is 2.77. The molecule has 3 aromatic rings. The molecule has 24 heavy (non-hydrogen) atoms. The number of hydrogen-bond acceptors (Lipinski definition) is 5. The quantitative estimate of drug-likeness (QED) is 0.547. The molecule has 6 heteroatoms. The Bertz CT molecular complexity index is 897. The minimum absolute atomic E-state index is 0.327. The zero-order valence-electron chi connectivity index (χ0n) is 13.1. The fraction of sp³-hybridized carbons (Fsp3) is 0.222. The summed E-state index contributed by atoms with van der Waals surface area (Å²) in [6, 6.07) is 13.3. The fourth-order valence-electron chi connectivity index (χ4n) is 2.75. The molecule has 0 saturated carbocycles. The second-order valence-electron chi connectivity index (χ2n) is 5.53. The van der Waals surface area contributed by atoms with Crippen LogP contribution < -0.4 is 4.74 Å². The highest BCUT2D eigenvalue weighted by Crippen LogP contribution is 2.28. The molecule has 0 N–H and O–H groups in total. The largest absolute Gasteiger partial charge is 0.424 e. The monoisotopic (exact) mass is 324 g/mol. The zero-order valence-corrected chi connectivity index (χ0v) is 13.1. The summed E-state index contributed by atoms with van der Waals surface area (Å²) < 4.78 is 18.1. The molecule has 122 valence electrons. The average Bonchev–Trinajstić information content (AvgIpc) is 3.25. The highest BCUT2D eigenvalue weighted by Gasteiger charge is 2.19. The molecule has 1 aliphatic heterocycles. The maximum atomic E-state index is 11.2. The van der Waals surface area contributed by atoms with Crippen LogP contribution in [0, 0.1) is 0 Å². The lowest BCUT2D eigenvalue weighted by Gasteiger charge is -2.10. The Balaban J connectivity index is 1.74. The first-order chi connectivity index (χ1) is 11.7. The van der Waals surface area contributed by atoms with Gasteiger partial charge in [-0.05, 0) is 18.2 Å². The van der Waals surface area contributed by atoms with Crippen molar-refractivity contribution in [2.24, 2.45) is 0 Å². The van der Waals surface area contributed by atoms with E-state index in [0.717, 1.165) is 16.6 Å². The summed E-state index contributed by atoms with van der Waals surface area (Å²) in [7, 11) is 0. The second-order valence-corrected chi connectivity index (χ2v) is 5.53. The number of fused-ring (bicyclic) bond motifs is 1. The number of carbonyl (C=O) groups excluding carboxylic acids is 1. The van der Waals surface area contributed by atoms with E-state index in [-0.39, 0.29) is 12.3 Å². The number of benzene rings is 2. The van der Waals surface area contributed by atoms with Crippen LogP contribution in [0.5, 0.6) is 5.75 Å². The zero-order chi connectivity index (χ0) is 16.5. The van der Waals surface area contributed by atoms with E-state index >= 15 is 0 Å². The molecule has 0 amide bonds. The van der Waals surface area contributed by atoms with Crippen molar-refractivity contribution >= 4 is 16.9 Å². The maximum absolute atomic E-state index is 11.2. The predicted molar refractivity (Wildman–Crippen MR) is 87.0 cm³/mol. The first-order valence-corrected chi connectivity index (χ1v) is 7.71. The molecular weight excluding hydrogens is 308 g/mol. The van der Waals surface area contributed by atoms with Crippen LogP contribution in [0.2, 0.25) is 0 Å². The van der Waals surface area contributed by atoms with E-state index in [1.165, 1.54) is 6.92 Å². The Labute approximate surface area is 138 Å². The van der Waals surface area contributed by atoms with Crippen molar-refractivity contribution in [1.29, 1.82) is 0 Å². The molecule has 0 unspecified atom stereocenters. The smallest absolute Gasteiger partial charge is 0.308 e. The summed E-state index contributed by atoms with van der Waals surface area (Å²) in [6.45, 7) is 2.58. The first kappa shape index (κ1) is 14.9. The molecule has 2 heterocycles. The third-order valence-electron chi connectivity index (χ3n) is 3.78. The predicted octanol–water partition coefficient (Wildman–Crippen LogP) is 3.00. The van der Waals surface area contributed by atoms with E-state index in [4.69, 9.17) is 14.2 Å². The molecule has 4 rings (SSSR count). The topological polar surface area (TPSA) is 62.6 Å². The van der Waals surface area contributed by atoms with Gasteiger partial charge in [0.25, 0.3) is 0 Å². The Morgan fingerprint density at radius 3 is 2.79 bits per heavy atom. The molecule has 0 aliphatic carbocycles. The Morgan fingerprint density at radius 2 is 2.00 bits per heavy atom. The van der Waals surface area contributed by atoms with Gasteiger partial charge < -0.3 is 14.2 Å². The average molecular weight is 324 g/mol. The summed E-state index contributed by atoms with van der Waals surface area (Å²) in [4.78, 5) is 11.2. The molecule has 1 saturated heterocycles. The minimum Gasteiger partial charge on any atom is -0.424 e. The van der Waals surface area contributed by atoms with Gasteiger partial charge in [0, 0.05) is 24.1 Å². The van der Waals surface area contributed by atoms with Gasteiger partial charge >= 0.3 is 5.97 Å². The molecule has 0 atom stereocenters. The van der Waals surface area contributed by atoms with E-state index in [2.05, 4.69) is 5.10 Å². The van der Waals surface area contributed by atoms with Crippen LogP contribution in [0.25, 0.3) is 16.6 Å². The maximum Gasteiger partial charge on any atom is 0.308 e. The van der Waals surface area contributed by atoms with Gasteiger partial charge in [0.2, 0.25) is 0 Å². The van der Waals surface area contributed by atoms with Gasteiger partial charge in [-0.2, -0.15) is 5.10 Å². The summed E-state index contributed by atoms with van der Waals surface area (Å²) in [5.74, 6) is 0.0898. The van der Waals surface area contributed by atoms with Crippen LogP contribution in [0.4, 0.5) is 0 Å². The molecule has 1 aliphatic rings. The van der Waals surface area contributed by atoms with Gasteiger partial charge in [-0.25, -0.2) is 4.68 Å². The summed E-state index contributed by atoms with van der Waals surface area (Å²) >= 11 is 0. The third-order valence-corrected chi connectivity index (χ3v) is 3.78. The van der Waals surface area contributed by atoms with Crippen LogP contribution in [0.1, 0.15) is 18.8 Å². The summed E-state index contributed by atoms with van der Waals surface area (Å²) in [5.41, 5.74) is 2.48. The number of nitrogens with zero attached hydrogens (tertiary/aromatic N) is 2. The van der Waals surface area contributed by atoms with Crippen molar-refractivity contribution in [1.82, 2.24) is 9.78 Å². The molecular formula is C18H16N2O4. The van der Waals surface area contributed by atoms with E-state index in [1.807, 2.05) is 42.6 Å².